The van der Waals surface area contributed by atoms with E-state index in [9.17, 15) is 0 Å². The van der Waals surface area contributed by atoms with E-state index < -0.39 is 0 Å². The van der Waals surface area contributed by atoms with Gasteiger partial charge < -0.3 is 12.4 Å². The van der Waals surface area contributed by atoms with E-state index in [4.69, 9.17) is 28.6 Å². The molecule has 0 amide bonds. The largest absolute Gasteiger partial charge is 1.00 e. The van der Waals surface area contributed by atoms with Crippen LogP contribution in [0.2, 0.25) is 10.0 Å². The summed E-state index contributed by atoms with van der Waals surface area (Å²) in [7, 11) is 0. The molecule has 11 heavy (non-hydrogen) atoms. The quantitative estimate of drug-likeness (QED) is 0.571. The summed E-state index contributed by atoms with van der Waals surface area (Å²) >= 11 is 11.1. The van der Waals surface area contributed by atoms with Crippen molar-refractivity contribution < 1.29 is 12.4 Å². The topological polar surface area (TPSA) is 28.1 Å². The van der Waals surface area contributed by atoms with Crippen molar-refractivity contribution in [2.24, 2.45) is 0 Å². The summed E-state index contributed by atoms with van der Waals surface area (Å²) < 4.78 is 0. The van der Waals surface area contributed by atoms with Gasteiger partial charge in [0.25, 0.3) is 0 Å². The van der Waals surface area contributed by atoms with Crippen LogP contribution in [-0.2, 0) is 0 Å². The molecule has 2 nitrogen and oxygen atoms in total. The van der Waals surface area contributed by atoms with Crippen molar-refractivity contribution in [3.05, 3.63) is 33.2 Å². The van der Waals surface area contributed by atoms with Crippen LogP contribution in [0.5, 0.6) is 0 Å². The van der Waals surface area contributed by atoms with E-state index in [0.717, 1.165) is 0 Å². The van der Waals surface area contributed by atoms with Crippen molar-refractivity contribution in [1.29, 1.82) is 5.39 Å². The molecule has 0 saturated carbocycles. The van der Waals surface area contributed by atoms with E-state index in [2.05, 4.69) is 4.98 Å². The van der Waals surface area contributed by atoms with Crippen molar-refractivity contribution in [3.63, 3.8) is 0 Å². The minimum atomic E-state index is 0. The third-order valence-electron chi connectivity index (χ3n) is 1.02. The van der Waals surface area contributed by atoms with Crippen LogP contribution in [0.15, 0.2) is 18.2 Å². The van der Waals surface area contributed by atoms with Crippen molar-refractivity contribution in [3.8, 4) is 0 Å². The van der Waals surface area contributed by atoms with Gasteiger partial charge in [0.05, 0.1) is 6.07 Å². The van der Waals surface area contributed by atoms with Gasteiger partial charge in [0, 0.05) is 5.02 Å². The van der Waals surface area contributed by atoms with Gasteiger partial charge in [-0.3, -0.25) is 0 Å². The number of halogens is 3. The summed E-state index contributed by atoms with van der Waals surface area (Å²) in [5.74, 6) is 0. The van der Waals surface area contributed by atoms with Gasteiger partial charge in [-0.25, -0.2) is 0 Å². The van der Waals surface area contributed by atoms with Crippen LogP contribution in [0.4, 0.5) is 5.69 Å². The number of rotatable bonds is 0. The predicted molar refractivity (Wildman–Crippen MR) is 41.2 cm³/mol. The molecular formula is C6H3Cl3N2. The Morgan fingerprint density at radius 1 is 1.27 bits per heavy atom. The van der Waals surface area contributed by atoms with Gasteiger partial charge in [-0.2, -0.15) is 0 Å². The van der Waals surface area contributed by atoms with Crippen molar-refractivity contribution in [1.82, 2.24) is 0 Å². The van der Waals surface area contributed by atoms with Crippen molar-refractivity contribution in [2.75, 3.05) is 0 Å². The third kappa shape index (κ3) is 2.55. The monoisotopic (exact) mass is 208 g/mol. The zero-order chi connectivity index (χ0) is 7.56. The molecular weight excluding hydrogens is 206 g/mol. The summed E-state index contributed by atoms with van der Waals surface area (Å²) in [5.41, 5.74) is 0.286. The third-order valence-corrected chi connectivity index (χ3v) is 1.57. The molecule has 0 aliphatic heterocycles. The Bertz CT molecular complexity index is 292. The summed E-state index contributed by atoms with van der Waals surface area (Å²) in [6.07, 6.45) is 0. The average molecular weight is 209 g/mol. The Kier molecular flexibility index (Phi) is 4.20. The van der Waals surface area contributed by atoms with Crippen LogP contribution >= 0.6 is 23.2 Å². The van der Waals surface area contributed by atoms with Crippen LogP contribution in [-0.4, -0.2) is 0 Å². The van der Waals surface area contributed by atoms with E-state index in [1.807, 2.05) is 0 Å². The fourth-order valence-electron chi connectivity index (χ4n) is 0.562. The Labute approximate surface area is 80.2 Å². The lowest BCUT2D eigenvalue weighted by atomic mass is 10.3. The summed E-state index contributed by atoms with van der Waals surface area (Å²) in [4.78, 5) is 2.91. The molecule has 5 heteroatoms. The average Bonchev–Trinajstić information content (AvgIpc) is 1.94. The first kappa shape index (κ1) is 10.5. The molecule has 0 aliphatic rings. The number of benzene rings is 1. The molecule has 58 valence electrons. The molecule has 0 atom stereocenters. The summed E-state index contributed by atoms with van der Waals surface area (Å²) in [6.45, 7) is 0. The second-order valence-electron chi connectivity index (χ2n) is 1.70. The van der Waals surface area contributed by atoms with Gasteiger partial charge in [0.1, 0.15) is 5.02 Å². The van der Waals surface area contributed by atoms with Gasteiger partial charge >= 0.3 is 5.69 Å². The fourth-order valence-corrected chi connectivity index (χ4v) is 0.884. The second kappa shape index (κ2) is 4.40. The van der Waals surface area contributed by atoms with E-state index in [1.165, 1.54) is 6.07 Å². The molecule has 0 unspecified atom stereocenters. The SMILES string of the molecule is N#[N+]c1cc(Cl)ccc1Cl.[Cl-]. The van der Waals surface area contributed by atoms with E-state index >= 15 is 0 Å². The van der Waals surface area contributed by atoms with Crippen LogP contribution < -0.4 is 12.4 Å². The van der Waals surface area contributed by atoms with Gasteiger partial charge in [-0.05, 0) is 12.1 Å². The maximum atomic E-state index is 8.32. The lowest BCUT2D eigenvalue weighted by molar-refractivity contribution is -0.00000206. The summed E-state index contributed by atoms with van der Waals surface area (Å²) in [6, 6.07) is 4.67. The van der Waals surface area contributed by atoms with E-state index in [-0.39, 0.29) is 18.1 Å². The van der Waals surface area contributed by atoms with Crippen LogP contribution in [0, 0.1) is 5.39 Å². The molecule has 1 rings (SSSR count). The number of hydrogen-bond donors (Lipinski definition) is 0. The summed E-state index contributed by atoms with van der Waals surface area (Å²) in [5, 5.41) is 9.20. The van der Waals surface area contributed by atoms with Crippen molar-refractivity contribution >= 4 is 28.9 Å². The normalized spacial score (nSPS) is 8.09. The fraction of sp³-hybridized carbons (Fsp3) is 0. The molecule has 0 spiro atoms. The molecule has 0 aromatic heterocycles. The minimum absolute atomic E-state index is 0. The van der Waals surface area contributed by atoms with Gasteiger partial charge in [0.15, 0.2) is 4.98 Å². The molecule has 0 heterocycles. The molecule has 0 fully saturated rings. The van der Waals surface area contributed by atoms with E-state index in [0.29, 0.717) is 10.0 Å². The van der Waals surface area contributed by atoms with E-state index in [1.54, 1.807) is 12.1 Å². The van der Waals surface area contributed by atoms with Gasteiger partial charge in [-0.15, -0.1) is 0 Å². The lowest BCUT2D eigenvalue weighted by Crippen LogP contribution is -3.00. The Morgan fingerprint density at radius 2 is 1.91 bits per heavy atom. The number of diazo groups is 1. The van der Waals surface area contributed by atoms with Crippen molar-refractivity contribution in [2.45, 2.75) is 0 Å². The molecule has 0 saturated heterocycles. The predicted octanol–water partition coefficient (Wildman–Crippen LogP) is 0.482. The molecule has 0 radical (unpaired) electrons. The molecule has 1 aromatic rings. The van der Waals surface area contributed by atoms with Crippen LogP contribution in [0.1, 0.15) is 0 Å². The molecule has 0 bridgehead atoms. The Hall–Kier alpha value is -0.490. The maximum absolute atomic E-state index is 8.32. The highest BCUT2D eigenvalue weighted by Crippen LogP contribution is 2.27. The standard InChI is InChI=1S/C6H3Cl2N2.ClH/c7-4-1-2-5(8)6(3-4)10-9;/h1-3H;1H/q+1;/p-1. The zero-order valence-electron chi connectivity index (χ0n) is 5.26. The molecule has 1 aromatic carbocycles. The zero-order valence-corrected chi connectivity index (χ0v) is 7.53. The number of nitrogens with zero attached hydrogens (tertiary/aromatic N) is 2. The Balaban J connectivity index is 0.000001000. The Morgan fingerprint density at radius 3 is 2.36 bits per heavy atom. The van der Waals surface area contributed by atoms with Crippen LogP contribution in [0.3, 0.4) is 0 Å². The maximum Gasteiger partial charge on any atom is 0.404 e. The van der Waals surface area contributed by atoms with Gasteiger partial charge in [-0.1, -0.05) is 23.2 Å². The highest BCUT2D eigenvalue weighted by Gasteiger charge is 2.10. The first-order valence-corrected chi connectivity index (χ1v) is 3.30. The first-order valence-electron chi connectivity index (χ1n) is 2.54. The highest BCUT2D eigenvalue weighted by molar-refractivity contribution is 6.35. The lowest BCUT2D eigenvalue weighted by Gasteiger charge is -1.84. The number of hydrogen-bond acceptors (Lipinski definition) is 1. The van der Waals surface area contributed by atoms with Crippen LogP contribution in [0.25, 0.3) is 4.98 Å². The van der Waals surface area contributed by atoms with Gasteiger partial charge in [0.2, 0.25) is 5.39 Å². The molecule has 0 aliphatic carbocycles. The second-order valence-corrected chi connectivity index (χ2v) is 2.54. The smallest absolute Gasteiger partial charge is 0.404 e. The molecule has 0 N–H and O–H groups in total. The first-order chi connectivity index (χ1) is 4.74. The minimum Gasteiger partial charge on any atom is -1.00 e. The highest BCUT2D eigenvalue weighted by atomic mass is 35.5.